The first-order chi connectivity index (χ1) is 29.8. The number of piperidine rings is 2. The van der Waals surface area contributed by atoms with E-state index in [0.717, 1.165) is 74.4 Å². The lowest BCUT2D eigenvalue weighted by Crippen LogP contribution is -2.53. The van der Waals surface area contributed by atoms with E-state index in [1.807, 2.05) is 17.8 Å². The SMILES string of the molecule is C[C@H](C1CCN(c2ccc3c(C4CCC(=O)NC4=O)nn(C)c3c2)CC1)N1CCN(c2ncc(Cl)c(Nc3ccc4c(c3)c3c(c(=O)n4C)OCC(F)(F)C(C4CC4)N3)n2)CC1. The minimum atomic E-state index is -3.13. The molecule has 0 radical (unpaired) electrons. The summed E-state index contributed by atoms with van der Waals surface area (Å²) in [5.41, 5.74) is 3.85. The van der Waals surface area contributed by atoms with Gasteiger partial charge in [-0.25, -0.2) is 13.8 Å². The molecule has 1 saturated carbocycles. The Hall–Kier alpha value is -5.55. The van der Waals surface area contributed by atoms with Crippen molar-refractivity contribution in [3.05, 3.63) is 63.7 Å². The van der Waals surface area contributed by atoms with Crippen LogP contribution >= 0.6 is 11.6 Å². The maximum Gasteiger partial charge on any atom is 0.301 e. The van der Waals surface area contributed by atoms with Crippen LogP contribution in [0.2, 0.25) is 5.02 Å². The van der Waals surface area contributed by atoms with Crippen molar-refractivity contribution in [3.8, 4) is 5.75 Å². The first kappa shape index (κ1) is 40.5. The molecule has 3 saturated heterocycles. The van der Waals surface area contributed by atoms with Crippen LogP contribution in [0.5, 0.6) is 5.75 Å². The number of benzene rings is 2. The quantitative estimate of drug-likeness (QED) is 0.162. The number of rotatable bonds is 8. The zero-order valence-electron chi connectivity index (χ0n) is 35.0. The molecule has 2 unspecified atom stereocenters. The topological polar surface area (TPSA) is 155 Å². The third-order valence-corrected chi connectivity index (χ3v) is 14.1. The summed E-state index contributed by atoms with van der Waals surface area (Å²) in [5, 5.41) is 15.4. The summed E-state index contributed by atoms with van der Waals surface area (Å²) >= 11 is 6.64. The highest BCUT2D eigenvalue weighted by Crippen LogP contribution is 2.46. The number of aromatic nitrogens is 5. The van der Waals surface area contributed by atoms with E-state index >= 15 is 8.78 Å². The van der Waals surface area contributed by atoms with Crippen molar-refractivity contribution in [2.45, 2.75) is 69.4 Å². The molecule has 10 rings (SSSR count). The van der Waals surface area contributed by atoms with Crippen molar-refractivity contribution in [1.29, 1.82) is 0 Å². The summed E-state index contributed by atoms with van der Waals surface area (Å²) in [4.78, 5) is 54.2. The number of hydrogen-bond donors (Lipinski definition) is 3. The zero-order chi connectivity index (χ0) is 43.0. The summed E-state index contributed by atoms with van der Waals surface area (Å²) in [6.45, 7) is 6.63. The number of piperazine rings is 1. The summed E-state index contributed by atoms with van der Waals surface area (Å²) < 4.78 is 39.1. The van der Waals surface area contributed by atoms with E-state index in [0.29, 0.717) is 71.0 Å². The van der Waals surface area contributed by atoms with Crippen LogP contribution in [0.1, 0.15) is 57.1 Å². The zero-order valence-corrected chi connectivity index (χ0v) is 35.7. The Morgan fingerprint density at radius 2 is 1.69 bits per heavy atom. The van der Waals surface area contributed by atoms with Crippen LogP contribution in [0.25, 0.3) is 21.8 Å². The van der Waals surface area contributed by atoms with Crippen LogP contribution in [-0.2, 0) is 23.7 Å². The Morgan fingerprint density at radius 3 is 2.44 bits per heavy atom. The number of nitrogens with one attached hydrogen (secondary N) is 3. The second-order valence-corrected chi connectivity index (χ2v) is 18.0. The molecular weight excluding hydrogens is 820 g/mol. The van der Waals surface area contributed by atoms with Crippen molar-refractivity contribution in [2.24, 2.45) is 25.9 Å². The predicted molar refractivity (Wildman–Crippen MR) is 234 cm³/mol. The molecular formula is C44H50ClF2N11O4. The van der Waals surface area contributed by atoms with Crippen molar-refractivity contribution >= 4 is 74.0 Å². The molecule has 5 aliphatic rings. The average Bonchev–Trinajstić information content (AvgIpc) is 4.08. The number of pyridine rings is 1. The Kier molecular flexibility index (Phi) is 10.2. The lowest BCUT2D eigenvalue weighted by atomic mass is 9.88. The molecule has 2 aromatic carbocycles. The van der Waals surface area contributed by atoms with Gasteiger partial charge >= 0.3 is 5.92 Å². The van der Waals surface area contributed by atoms with E-state index in [4.69, 9.17) is 26.4 Å². The van der Waals surface area contributed by atoms with Crippen LogP contribution < -0.4 is 36.0 Å². The number of fused-ring (bicyclic) bond motifs is 4. The van der Waals surface area contributed by atoms with Gasteiger partial charge in [0, 0.05) is 88.0 Å². The molecule has 3 aromatic heterocycles. The number of carbonyl (C=O) groups excluding carboxylic acids is 2. The fourth-order valence-electron chi connectivity index (χ4n) is 9.97. The van der Waals surface area contributed by atoms with Crippen LogP contribution in [0.3, 0.4) is 0 Å². The third-order valence-electron chi connectivity index (χ3n) is 13.8. The molecule has 5 aromatic rings. The smallest absolute Gasteiger partial charge is 0.301 e. The molecule has 3 atom stereocenters. The van der Waals surface area contributed by atoms with Crippen molar-refractivity contribution < 1.29 is 23.1 Å². The number of aryl methyl sites for hydroxylation is 2. The lowest BCUT2D eigenvalue weighted by molar-refractivity contribution is -0.134. The standard InChI is InChI=1S/C44H50ClF2N11O4/c1-24(25-12-14-57(15-13-25)28-7-8-29-34(21-28)55(3)53-36(29)30-9-11-35(59)50-41(30)60)56-16-18-58(19-17-56)43-48-22-32(45)40(52-43)49-27-6-10-33-31(20-27)37-38(42(61)54(33)2)62-23-44(46,47)39(51-37)26-4-5-26/h6-8,10,20-22,24-26,30,39,51H,4-5,9,11-19,23H2,1-3H3,(H,48,49,52)(H,50,59,60)/t24-,30?,39?/m1/s1. The van der Waals surface area contributed by atoms with Gasteiger partial charge in [-0.2, -0.15) is 10.1 Å². The van der Waals surface area contributed by atoms with Crippen LogP contribution in [-0.4, -0.2) is 105 Å². The number of amides is 2. The Bertz CT molecular complexity index is 2650. The van der Waals surface area contributed by atoms with E-state index in [1.54, 1.807) is 25.4 Å². The summed E-state index contributed by atoms with van der Waals surface area (Å²) in [5.74, 6) is -2.82. The number of nitrogens with zero attached hydrogens (tertiary/aromatic N) is 8. The summed E-state index contributed by atoms with van der Waals surface area (Å²) in [6, 6.07) is 11.0. The normalized spacial score (nSPS) is 22.8. The van der Waals surface area contributed by atoms with E-state index in [2.05, 4.69) is 60.8 Å². The highest BCUT2D eigenvalue weighted by Gasteiger charge is 2.51. The average molecular weight is 870 g/mol. The monoisotopic (exact) mass is 869 g/mol. The first-order valence-corrected chi connectivity index (χ1v) is 22.0. The van der Waals surface area contributed by atoms with Crippen molar-refractivity contribution in [2.75, 3.05) is 66.3 Å². The lowest BCUT2D eigenvalue weighted by Gasteiger charge is -2.43. The van der Waals surface area contributed by atoms with Gasteiger partial charge in [0.2, 0.25) is 23.5 Å². The summed E-state index contributed by atoms with van der Waals surface area (Å²) in [6.07, 6.45) is 5.94. The van der Waals surface area contributed by atoms with Crippen LogP contribution in [0.4, 0.5) is 37.6 Å². The molecule has 1 aliphatic carbocycles. The molecule has 4 aliphatic heterocycles. The van der Waals surface area contributed by atoms with Gasteiger partial charge in [-0.15, -0.1) is 0 Å². The van der Waals surface area contributed by atoms with E-state index < -0.39 is 30.0 Å². The van der Waals surface area contributed by atoms with Crippen molar-refractivity contribution in [3.63, 3.8) is 0 Å². The number of hydrogen-bond acceptors (Lipinski definition) is 12. The maximum absolute atomic E-state index is 15.2. The van der Waals surface area contributed by atoms with Gasteiger partial charge in [0.05, 0.1) is 40.6 Å². The molecule has 326 valence electrons. The fourth-order valence-corrected chi connectivity index (χ4v) is 10.1. The number of imide groups is 1. The molecule has 15 nitrogen and oxygen atoms in total. The predicted octanol–water partition coefficient (Wildman–Crippen LogP) is 5.78. The molecule has 62 heavy (non-hydrogen) atoms. The first-order valence-electron chi connectivity index (χ1n) is 21.6. The van der Waals surface area contributed by atoms with Crippen LogP contribution in [0.15, 0.2) is 47.4 Å². The Labute approximate surface area is 361 Å². The second kappa shape index (κ2) is 15.7. The fraction of sp³-hybridized carbons (Fsp3) is 0.500. The summed E-state index contributed by atoms with van der Waals surface area (Å²) in [7, 11) is 3.51. The highest BCUT2D eigenvalue weighted by molar-refractivity contribution is 6.33. The number of halogens is 3. The number of carbonyl (C=O) groups is 2. The molecule has 18 heteroatoms. The molecule has 3 N–H and O–H groups in total. The van der Waals surface area contributed by atoms with Crippen molar-refractivity contribution in [1.82, 2.24) is 34.5 Å². The van der Waals surface area contributed by atoms with Gasteiger partial charge in [-0.3, -0.25) is 29.3 Å². The maximum atomic E-state index is 15.2. The van der Waals surface area contributed by atoms with E-state index in [-0.39, 0.29) is 29.2 Å². The van der Waals surface area contributed by atoms with Gasteiger partial charge < -0.3 is 29.7 Å². The molecule has 0 bridgehead atoms. The molecule has 7 heterocycles. The van der Waals surface area contributed by atoms with E-state index in [9.17, 15) is 14.4 Å². The molecule has 4 fully saturated rings. The largest absolute Gasteiger partial charge is 0.480 e. The van der Waals surface area contributed by atoms with Gasteiger partial charge in [0.1, 0.15) is 5.02 Å². The Balaban J connectivity index is 0.776. The third kappa shape index (κ3) is 7.35. The minimum Gasteiger partial charge on any atom is -0.480 e. The number of ether oxygens (including phenoxy) is 1. The van der Waals surface area contributed by atoms with Gasteiger partial charge in [-0.1, -0.05) is 11.6 Å². The molecule has 2 amide bonds. The van der Waals surface area contributed by atoms with Gasteiger partial charge in [-0.05, 0) is 87.3 Å². The number of anilines is 5. The number of alkyl halides is 2. The molecule has 0 spiro atoms. The minimum absolute atomic E-state index is 0.107. The van der Waals surface area contributed by atoms with Gasteiger partial charge in [0.15, 0.2) is 12.4 Å². The highest BCUT2D eigenvalue weighted by atomic mass is 35.5. The Morgan fingerprint density at radius 1 is 0.919 bits per heavy atom. The second-order valence-electron chi connectivity index (χ2n) is 17.6. The van der Waals surface area contributed by atoms with Gasteiger partial charge in [0.25, 0.3) is 5.56 Å². The van der Waals surface area contributed by atoms with E-state index in [1.165, 1.54) is 4.57 Å². The van der Waals surface area contributed by atoms with Crippen LogP contribution in [0, 0.1) is 11.8 Å².